The molecule has 1 N–H and O–H groups in total. The first-order valence-corrected chi connectivity index (χ1v) is 11.7. The molecule has 34 heavy (non-hydrogen) atoms. The van der Waals surface area contributed by atoms with Crippen LogP contribution in [0.25, 0.3) is 5.76 Å². The molecule has 0 saturated carbocycles. The van der Waals surface area contributed by atoms with Crippen molar-refractivity contribution in [2.24, 2.45) is 0 Å². The Morgan fingerprint density at radius 2 is 1.65 bits per heavy atom. The molecule has 0 bridgehead atoms. The molecule has 2 aromatic carbocycles. The SMILES string of the molecule is CCOc1ccc([C@@H]2C(=C(O)c3ccc(C)cc3)C(=O)C(=O)N2CCCN(C)C)cc1OCC. The molecule has 7 heteroatoms. The monoisotopic (exact) mass is 466 g/mol. The summed E-state index contributed by atoms with van der Waals surface area (Å²) in [5, 5.41) is 11.2. The summed E-state index contributed by atoms with van der Waals surface area (Å²) in [6.07, 6.45) is 0.691. The predicted octanol–water partition coefficient (Wildman–Crippen LogP) is 4.17. The Balaban J connectivity index is 2.13. The van der Waals surface area contributed by atoms with Crippen LogP contribution in [0.15, 0.2) is 48.0 Å². The van der Waals surface area contributed by atoms with E-state index in [2.05, 4.69) is 0 Å². The van der Waals surface area contributed by atoms with E-state index in [4.69, 9.17) is 9.47 Å². The molecule has 2 aromatic rings. The normalized spacial score (nSPS) is 17.5. The standard InChI is InChI=1S/C27H34N2O5/c1-6-33-21-14-13-20(17-22(21)34-7-2)24-23(25(30)19-11-9-18(3)10-12-19)26(31)27(32)29(24)16-8-15-28(4)5/h9-14,17,24,30H,6-8,15-16H2,1-5H3/t24-/m1/s1. The average molecular weight is 467 g/mol. The number of Topliss-reactive ketones (excluding diaryl/α,β-unsaturated/α-hetero) is 1. The molecular weight excluding hydrogens is 432 g/mol. The first-order valence-electron chi connectivity index (χ1n) is 11.7. The second-order valence-electron chi connectivity index (χ2n) is 8.59. The van der Waals surface area contributed by atoms with Crippen LogP contribution in [-0.2, 0) is 9.59 Å². The van der Waals surface area contributed by atoms with Gasteiger partial charge in [0.15, 0.2) is 11.5 Å². The predicted molar refractivity (Wildman–Crippen MR) is 132 cm³/mol. The van der Waals surface area contributed by atoms with Gasteiger partial charge in [0.05, 0.1) is 24.8 Å². The maximum absolute atomic E-state index is 13.2. The smallest absolute Gasteiger partial charge is 0.295 e. The summed E-state index contributed by atoms with van der Waals surface area (Å²) in [7, 11) is 3.92. The molecule has 1 aliphatic rings. The molecule has 1 fully saturated rings. The van der Waals surface area contributed by atoms with Crippen LogP contribution in [0, 0.1) is 6.92 Å². The van der Waals surface area contributed by atoms with Gasteiger partial charge in [0.1, 0.15) is 5.76 Å². The first kappa shape index (κ1) is 25.3. The second-order valence-corrected chi connectivity index (χ2v) is 8.59. The van der Waals surface area contributed by atoms with Crippen LogP contribution < -0.4 is 9.47 Å². The van der Waals surface area contributed by atoms with Crippen molar-refractivity contribution in [2.75, 3.05) is 40.4 Å². The Bertz CT molecular complexity index is 1060. The van der Waals surface area contributed by atoms with Gasteiger partial charge in [0, 0.05) is 12.1 Å². The third-order valence-corrected chi connectivity index (χ3v) is 5.75. The number of hydrogen-bond donors (Lipinski definition) is 1. The van der Waals surface area contributed by atoms with E-state index in [1.165, 1.54) is 0 Å². The Hall–Kier alpha value is -3.32. The second kappa shape index (κ2) is 11.2. The molecule has 1 saturated heterocycles. The van der Waals surface area contributed by atoms with Crippen molar-refractivity contribution in [2.45, 2.75) is 33.2 Å². The average Bonchev–Trinajstić information content (AvgIpc) is 3.05. The molecule has 0 radical (unpaired) electrons. The van der Waals surface area contributed by atoms with Crippen molar-refractivity contribution in [3.8, 4) is 11.5 Å². The van der Waals surface area contributed by atoms with Crippen molar-refractivity contribution >= 4 is 17.4 Å². The minimum Gasteiger partial charge on any atom is -0.507 e. The highest BCUT2D eigenvalue weighted by Crippen LogP contribution is 2.42. The van der Waals surface area contributed by atoms with E-state index in [0.29, 0.717) is 48.8 Å². The summed E-state index contributed by atoms with van der Waals surface area (Å²) in [6, 6.07) is 11.9. The van der Waals surface area contributed by atoms with Crippen molar-refractivity contribution in [1.82, 2.24) is 9.80 Å². The van der Waals surface area contributed by atoms with Crippen molar-refractivity contribution in [3.05, 3.63) is 64.7 Å². The number of likely N-dealkylation sites (tertiary alicyclic amines) is 1. The van der Waals surface area contributed by atoms with Crippen LogP contribution in [0.5, 0.6) is 11.5 Å². The van der Waals surface area contributed by atoms with Crippen LogP contribution in [-0.4, -0.2) is 67.0 Å². The van der Waals surface area contributed by atoms with Crippen molar-refractivity contribution in [3.63, 3.8) is 0 Å². The lowest BCUT2D eigenvalue weighted by atomic mass is 9.94. The van der Waals surface area contributed by atoms with Crippen LogP contribution in [0.2, 0.25) is 0 Å². The fourth-order valence-electron chi connectivity index (χ4n) is 4.12. The van der Waals surface area contributed by atoms with E-state index in [1.54, 1.807) is 29.2 Å². The van der Waals surface area contributed by atoms with Gasteiger partial charge >= 0.3 is 0 Å². The molecule has 0 aromatic heterocycles. The maximum Gasteiger partial charge on any atom is 0.295 e. The van der Waals surface area contributed by atoms with E-state index < -0.39 is 17.7 Å². The molecule has 182 valence electrons. The molecule has 1 heterocycles. The number of benzene rings is 2. The Labute approximate surface area is 201 Å². The first-order chi connectivity index (χ1) is 16.3. The highest BCUT2D eigenvalue weighted by Gasteiger charge is 2.46. The largest absolute Gasteiger partial charge is 0.507 e. The number of aliphatic hydroxyl groups excluding tert-OH is 1. The number of carbonyl (C=O) groups excluding carboxylic acids is 2. The number of rotatable bonds is 10. The van der Waals surface area contributed by atoms with Gasteiger partial charge in [0.25, 0.3) is 11.7 Å². The number of hydrogen-bond acceptors (Lipinski definition) is 6. The Kier molecular flexibility index (Phi) is 8.34. The summed E-state index contributed by atoms with van der Waals surface area (Å²) in [4.78, 5) is 29.9. The zero-order valence-corrected chi connectivity index (χ0v) is 20.6. The lowest BCUT2D eigenvalue weighted by Crippen LogP contribution is -2.32. The number of amides is 1. The third-order valence-electron chi connectivity index (χ3n) is 5.75. The van der Waals surface area contributed by atoms with E-state index in [9.17, 15) is 14.7 Å². The number of aryl methyl sites for hydroxylation is 1. The number of nitrogens with zero attached hydrogens (tertiary/aromatic N) is 2. The number of aliphatic hydroxyl groups is 1. The minimum absolute atomic E-state index is 0.0883. The number of ketones is 1. The van der Waals surface area contributed by atoms with Gasteiger partial charge in [0.2, 0.25) is 0 Å². The topological polar surface area (TPSA) is 79.3 Å². The Morgan fingerprint density at radius 1 is 1.00 bits per heavy atom. The Morgan fingerprint density at radius 3 is 2.26 bits per heavy atom. The fourth-order valence-corrected chi connectivity index (χ4v) is 4.12. The van der Waals surface area contributed by atoms with Gasteiger partial charge in [-0.2, -0.15) is 0 Å². The summed E-state index contributed by atoms with van der Waals surface area (Å²) in [5.74, 6) is -0.332. The summed E-state index contributed by atoms with van der Waals surface area (Å²) >= 11 is 0. The summed E-state index contributed by atoms with van der Waals surface area (Å²) < 4.78 is 11.5. The molecule has 1 atom stereocenters. The highest BCUT2D eigenvalue weighted by atomic mass is 16.5. The molecule has 7 nitrogen and oxygen atoms in total. The highest BCUT2D eigenvalue weighted by molar-refractivity contribution is 6.46. The molecule has 0 unspecified atom stereocenters. The van der Waals surface area contributed by atoms with E-state index in [0.717, 1.165) is 12.1 Å². The molecule has 1 aliphatic heterocycles. The van der Waals surface area contributed by atoms with Gasteiger partial charge < -0.3 is 24.4 Å². The molecule has 0 spiro atoms. The van der Waals surface area contributed by atoms with E-state index in [1.807, 2.05) is 58.0 Å². The summed E-state index contributed by atoms with van der Waals surface area (Å²) in [5.41, 5.74) is 2.30. The fraction of sp³-hybridized carbons (Fsp3) is 0.407. The van der Waals surface area contributed by atoms with Crippen molar-refractivity contribution in [1.29, 1.82) is 0 Å². The van der Waals surface area contributed by atoms with Gasteiger partial charge in [-0.25, -0.2) is 0 Å². The zero-order valence-electron chi connectivity index (χ0n) is 20.6. The zero-order chi connectivity index (χ0) is 24.8. The lowest BCUT2D eigenvalue weighted by molar-refractivity contribution is -0.139. The van der Waals surface area contributed by atoms with Crippen molar-refractivity contribution < 1.29 is 24.2 Å². The lowest BCUT2D eigenvalue weighted by Gasteiger charge is -2.26. The van der Waals surface area contributed by atoms with Crippen LogP contribution in [0.4, 0.5) is 0 Å². The van der Waals surface area contributed by atoms with Gasteiger partial charge in [-0.3, -0.25) is 9.59 Å². The number of carbonyl (C=O) groups is 2. The van der Waals surface area contributed by atoms with Gasteiger partial charge in [-0.05, 0) is 65.5 Å². The molecular formula is C27H34N2O5. The number of ether oxygens (including phenoxy) is 2. The minimum atomic E-state index is -0.724. The van der Waals surface area contributed by atoms with Crippen LogP contribution in [0.3, 0.4) is 0 Å². The van der Waals surface area contributed by atoms with Crippen LogP contribution >= 0.6 is 0 Å². The molecule has 1 amide bonds. The van der Waals surface area contributed by atoms with E-state index >= 15 is 0 Å². The summed E-state index contributed by atoms with van der Waals surface area (Å²) in [6.45, 7) is 7.79. The van der Waals surface area contributed by atoms with Gasteiger partial charge in [-0.15, -0.1) is 0 Å². The van der Waals surface area contributed by atoms with Gasteiger partial charge in [-0.1, -0.05) is 35.9 Å². The molecule has 0 aliphatic carbocycles. The quantitative estimate of drug-likeness (QED) is 0.322. The third kappa shape index (κ3) is 5.42. The molecule has 3 rings (SSSR count). The van der Waals surface area contributed by atoms with Crippen LogP contribution in [0.1, 0.15) is 43.0 Å². The van der Waals surface area contributed by atoms with E-state index in [-0.39, 0.29) is 11.3 Å². The maximum atomic E-state index is 13.2.